The largest absolute Gasteiger partial charge is 0.383 e. The van der Waals surface area contributed by atoms with Gasteiger partial charge in [0.25, 0.3) is 0 Å². The highest BCUT2D eigenvalue weighted by Crippen LogP contribution is 2.22. The molecule has 0 aliphatic carbocycles. The minimum atomic E-state index is -0.382. The van der Waals surface area contributed by atoms with Crippen LogP contribution in [-0.2, 0) is 4.74 Å². The lowest BCUT2D eigenvalue weighted by molar-refractivity contribution is 0.0643. The molecule has 0 radical (unpaired) electrons. The summed E-state index contributed by atoms with van der Waals surface area (Å²) in [5.41, 5.74) is 5.97. The minimum Gasteiger partial charge on any atom is -0.383 e. The van der Waals surface area contributed by atoms with E-state index in [9.17, 15) is 4.79 Å². The lowest BCUT2D eigenvalue weighted by atomic mass is 10.1. The van der Waals surface area contributed by atoms with Crippen molar-refractivity contribution in [2.24, 2.45) is 0 Å². The highest BCUT2D eigenvalue weighted by atomic mass is 35.5. The maximum Gasteiger partial charge on any atom is 0.195 e. The van der Waals surface area contributed by atoms with Gasteiger partial charge in [0.2, 0.25) is 0 Å². The van der Waals surface area contributed by atoms with Crippen LogP contribution in [-0.4, -0.2) is 23.5 Å². The molecule has 0 bridgehead atoms. The first-order valence-electron chi connectivity index (χ1n) is 4.75. The minimum absolute atomic E-state index is 0.125. The van der Waals surface area contributed by atoms with Crippen molar-refractivity contribution in [3.8, 4) is 0 Å². The highest BCUT2D eigenvalue weighted by Gasteiger charge is 2.26. The number of rotatable bonds is 2. The first-order chi connectivity index (χ1) is 7.18. The Bertz CT molecular complexity index is 389. The number of ketones is 1. The molecule has 0 aromatic carbocycles. The summed E-state index contributed by atoms with van der Waals surface area (Å²) in [7, 11) is 0. The number of halogens is 1. The van der Waals surface area contributed by atoms with Gasteiger partial charge in [-0.15, -0.1) is 0 Å². The third-order valence-electron chi connectivity index (χ3n) is 2.37. The third-order valence-corrected chi connectivity index (χ3v) is 2.58. The van der Waals surface area contributed by atoms with Crippen LogP contribution < -0.4 is 5.73 Å². The van der Waals surface area contributed by atoms with Crippen LogP contribution in [0.4, 0.5) is 5.82 Å². The van der Waals surface area contributed by atoms with Crippen LogP contribution in [0.1, 0.15) is 23.2 Å². The summed E-state index contributed by atoms with van der Waals surface area (Å²) in [4.78, 5) is 15.8. The van der Waals surface area contributed by atoms with E-state index in [2.05, 4.69) is 4.98 Å². The average molecular weight is 227 g/mol. The fourth-order valence-electron chi connectivity index (χ4n) is 1.61. The number of carbonyl (C=O) groups excluding carboxylic acids is 1. The number of carbonyl (C=O) groups is 1. The number of anilines is 1. The second kappa shape index (κ2) is 4.16. The Morgan fingerprint density at radius 1 is 1.67 bits per heavy atom. The van der Waals surface area contributed by atoms with E-state index >= 15 is 0 Å². The SMILES string of the molecule is Nc1ncc(Cl)cc1C(=O)C1CCCO1. The number of hydrogen-bond acceptors (Lipinski definition) is 4. The molecule has 0 spiro atoms. The number of nitrogen functional groups attached to an aromatic ring is 1. The van der Waals surface area contributed by atoms with Crippen molar-refractivity contribution in [2.45, 2.75) is 18.9 Å². The molecule has 15 heavy (non-hydrogen) atoms. The van der Waals surface area contributed by atoms with Gasteiger partial charge in [0.05, 0.1) is 10.6 Å². The number of hydrogen-bond donors (Lipinski definition) is 1. The second-order valence-electron chi connectivity index (χ2n) is 3.45. The third kappa shape index (κ3) is 2.11. The van der Waals surface area contributed by atoms with Gasteiger partial charge in [-0.2, -0.15) is 0 Å². The molecule has 1 atom stereocenters. The summed E-state index contributed by atoms with van der Waals surface area (Å²) >= 11 is 5.76. The predicted octanol–water partition coefficient (Wildman–Crippen LogP) is 1.68. The van der Waals surface area contributed by atoms with Crippen LogP contribution in [0.25, 0.3) is 0 Å². The standard InChI is InChI=1S/C10H11ClN2O2/c11-6-4-7(10(12)13-5-6)9(14)8-2-1-3-15-8/h4-5,8H,1-3H2,(H2,12,13). The van der Waals surface area contributed by atoms with Crippen LogP contribution in [0.2, 0.25) is 5.02 Å². The van der Waals surface area contributed by atoms with E-state index in [1.807, 2.05) is 0 Å². The Hall–Kier alpha value is -1.13. The topological polar surface area (TPSA) is 65.2 Å². The zero-order valence-electron chi connectivity index (χ0n) is 8.07. The summed E-state index contributed by atoms with van der Waals surface area (Å²) < 4.78 is 5.29. The lowest BCUT2D eigenvalue weighted by Crippen LogP contribution is -2.21. The molecule has 5 heteroatoms. The van der Waals surface area contributed by atoms with Gasteiger partial charge in [-0.1, -0.05) is 11.6 Å². The van der Waals surface area contributed by atoms with Gasteiger partial charge in [-0.3, -0.25) is 4.79 Å². The van der Waals surface area contributed by atoms with E-state index in [1.165, 1.54) is 12.3 Å². The molecule has 0 amide bonds. The zero-order valence-corrected chi connectivity index (χ0v) is 8.83. The Labute approximate surface area is 92.4 Å². The van der Waals surface area contributed by atoms with E-state index in [-0.39, 0.29) is 17.7 Å². The number of pyridine rings is 1. The number of ether oxygens (including phenoxy) is 1. The summed E-state index contributed by atoms with van der Waals surface area (Å²) in [6.45, 7) is 0.629. The molecule has 0 saturated carbocycles. The molecule has 1 aliphatic rings. The van der Waals surface area contributed by atoms with Crippen LogP contribution in [0.5, 0.6) is 0 Å². The molecular formula is C10H11ClN2O2. The Morgan fingerprint density at radius 3 is 3.13 bits per heavy atom. The molecule has 1 aliphatic heterocycles. The summed E-state index contributed by atoms with van der Waals surface area (Å²) in [6, 6.07) is 1.54. The van der Waals surface area contributed by atoms with E-state index in [0.29, 0.717) is 17.2 Å². The Kier molecular flexibility index (Phi) is 2.88. The van der Waals surface area contributed by atoms with E-state index in [0.717, 1.165) is 12.8 Å². The first-order valence-corrected chi connectivity index (χ1v) is 5.13. The predicted molar refractivity (Wildman–Crippen MR) is 57.0 cm³/mol. The van der Waals surface area contributed by atoms with Gasteiger partial charge < -0.3 is 10.5 Å². The smallest absolute Gasteiger partial charge is 0.195 e. The lowest BCUT2D eigenvalue weighted by Gasteiger charge is -2.09. The molecule has 2 N–H and O–H groups in total. The van der Waals surface area contributed by atoms with Crippen LogP contribution in [0, 0.1) is 0 Å². The van der Waals surface area contributed by atoms with Crippen molar-refractivity contribution in [1.29, 1.82) is 0 Å². The monoisotopic (exact) mass is 226 g/mol. The summed E-state index contributed by atoms with van der Waals surface area (Å²) in [6.07, 6.45) is 2.69. The van der Waals surface area contributed by atoms with Crippen molar-refractivity contribution >= 4 is 23.2 Å². The molecule has 2 rings (SSSR count). The molecule has 1 unspecified atom stereocenters. The van der Waals surface area contributed by atoms with Gasteiger partial charge in [0.1, 0.15) is 11.9 Å². The number of aromatic nitrogens is 1. The molecule has 1 fully saturated rings. The van der Waals surface area contributed by atoms with Crippen molar-refractivity contribution in [1.82, 2.24) is 4.98 Å². The number of nitrogens with zero attached hydrogens (tertiary/aromatic N) is 1. The van der Waals surface area contributed by atoms with Gasteiger partial charge in [0, 0.05) is 12.8 Å². The van der Waals surface area contributed by atoms with Crippen molar-refractivity contribution in [3.63, 3.8) is 0 Å². The van der Waals surface area contributed by atoms with E-state index in [4.69, 9.17) is 22.1 Å². The van der Waals surface area contributed by atoms with Crippen LogP contribution in [0.15, 0.2) is 12.3 Å². The highest BCUT2D eigenvalue weighted by molar-refractivity contribution is 6.31. The van der Waals surface area contributed by atoms with Crippen molar-refractivity contribution in [3.05, 3.63) is 22.8 Å². The van der Waals surface area contributed by atoms with E-state index in [1.54, 1.807) is 0 Å². The zero-order chi connectivity index (χ0) is 10.8. The Morgan fingerprint density at radius 2 is 2.47 bits per heavy atom. The molecule has 1 saturated heterocycles. The van der Waals surface area contributed by atoms with E-state index < -0.39 is 0 Å². The average Bonchev–Trinajstić information content (AvgIpc) is 2.74. The first kappa shape index (κ1) is 10.4. The fourth-order valence-corrected chi connectivity index (χ4v) is 1.76. The fraction of sp³-hybridized carbons (Fsp3) is 0.400. The van der Waals surface area contributed by atoms with Gasteiger partial charge in [-0.05, 0) is 18.9 Å². The molecule has 1 aromatic heterocycles. The quantitative estimate of drug-likeness (QED) is 0.780. The van der Waals surface area contributed by atoms with Crippen molar-refractivity contribution in [2.75, 3.05) is 12.3 Å². The Balaban J connectivity index is 2.27. The number of nitrogens with two attached hydrogens (primary N) is 1. The van der Waals surface area contributed by atoms with Crippen molar-refractivity contribution < 1.29 is 9.53 Å². The second-order valence-corrected chi connectivity index (χ2v) is 3.89. The maximum absolute atomic E-state index is 11.9. The molecular weight excluding hydrogens is 216 g/mol. The molecule has 4 nitrogen and oxygen atoms in total. The van der Waals surface area contributed by atoms with Gasteiger partial charge in [0.15, 0.2) is 5.78 Å². The number of Topliss-reactive ketones (excluding diaryl/α,β-unsaturated/α-hetero) is 1. The summed E-state index contributed by atoms with van der Waals surface area (Å²) in [5.74, 6) is 0.0832. The van der Waals surface area contributed by atoms with Gasteiger partial charge in [-0.25, -0.2) is 4.98 Å². The molecule has 80 valence electrons. The molecule has 1 aromatic rings. The summed E-state index contributed by atoms with van der Waals surface area (Å²) in [5, 5.41) is 0.408. The maximum atomic E-state index is 11.9. The normalized spacial score (nSPS) is 20.5. The van der Waals surface area contributed by atoms with Crippen LogP contribution in [0.3, 0.4) is 0 Å². The molecule has 2 heterocycles. The van der Waals surface area contributed by atoms with Gasteiger partial charge >= 0.3 is 0 Å². The van der Waals surface area contributed by atoms with Crippen LogP contribution >= 0.6 is 11.6 Å².